The van der Waals surface area contributed by atoms with Crippen molar-refractivity contribution in [2.75, 3.05) is 25.4 Å². The fourth-order valence-corrected chi connectivity index (χ4v) is 5.15. The van der Waals surface area contributed by atoms with Crippen molar-refractivity contribution in [1.82, 2.24) is 24.8 Å². The number of carbonyl (C=O) groups is 1. The van der Waals surface area contributed by atoms with Crippen LogP contribution in [0.3, 0.4) is 0 Å². The van der Waals surface area contributed by atoms with E-state index in [1.807, 2.05) is 0 Å². The summed E-state index contributed by atoms with van der Waals surface area (Å²) in [6.45, 7) is 1.08. The lowest BCUT2D eigenvalue weighted by Gasteiger charge is -2.31. The van der Waals surface area contributed by atoms with Gasteiger partial charge >= 0.3 is 0 Å². The molecule has 0 unspecified atom stereocenters. The van der Waals surface area contributed by atoms with Gasteiger partial charge in [0.25, 0.3) is 0 Å². The number of nitrogens with one attached hydrogen (secondary N) is 2. The molecule has 0 radical (unpaired) electrons. The van der Waals surface area contributed by atoms with E-state index < -0.39 is 10.0 Å². The van der Waals surface area contributed by atoms with E-state index in [2.05, 4.69) is 20.5 Å². The van der Waals surface area contributed by atoms with E-state index in [9.17, 15) is 13.2 Å². The van der Waals surface area contributed by atoms with E-state index in [0.717, 1.165) is 0 Å². The predicted octanol–water partition coefficient (Wildman–Crippen LogP) is 1.77. The second kappa shape index (κ2) is 9.05. The van der Waals surface area contributed by atoms with Crippen LogP contribution in [0.25, 0.3) is 0 Å². The van der Waals surface area contributed by atoms with E-state index in [0.29, 0.717) is 41.9 Å². The van der Waals surface area contributed by atoms with Crippen molar-refractivity contribution in [2.24, 2.45) is 5.92 Å². The number of benzene rings is 1. The number of sulfonamides is 1. The average Bonchev–Trinajstić information content (AvgIpc) is 3.19. The minimum absolute atomic E-state index is 0.121. The van der Waals surface area contributed by atoms with Crippen molar-refractivity contribution in [3.8, 4) is 0 Å². The Morgan fingerprint density at radius 1 is 1.37 bits per heavy atom. The minimum atomic E-state index is -3.63. The highest BCUT2D eigenvalue weighted by molar-refractivity contribution is 7.99. The molecule has 1 aromatic carbocycles. The second-order valence-corrected chi connectivity index (χ2v) is 9.54. The van der Waals surface area contributed by atoms with Gasteiger partial charge in [-0.1, -0.05) is 23.4 Å². The van der Waals surface area contributed by atoms with Gasteiger partial charge in [-0.3, -0.25) is 9.89 Å². The minimum Gasteiger partial charge on any atom is -0.355 e. The molecule has 146 valence electrons. The first kappa shape index (κ1) is 20.1. The standard InChI is InChI=1S/C16H20ClN5O3S2/c17-13-3-5-14(6-4-13)27(24,25)22-8-1-2-12(10-22)15(23)18-7-9-26-16-19-11-20-21-16/h3-6,11-12H,1-2,7-10H2,(H,18,23)(H,19,20,21)/t12-/m1/s1. The van der Waals surface area contributed by atoms with Gasteiger partial charge in [-0.25, -0.2) is 13.4 Å². The number of aromatic amines is 1. The number of hydrogen-bond acceptors (Lipinski definition) is 6. The molecule has 27 heavy (non-hydrogen) atoms. The molecule has 2 heterocycles. The first-order valence-corrected chi connectivity index (χ1v) is 11.3. The van der Waals surface area contributed by atoms with Crippen LogP contribution in [0.1, 0.15) is 12.8 Å². The molecule has 1 aromatic heterocycles. The monoisotopic (exact) mass is 429 g/mol. The molecule has 1 aliphatic rings. The molecular formula is C16H20ClN5O3S2. The second-order valence-electron chi connectivity index (χ2n) is 6.09. The molecule has 0 spiro atoms. The lowest BCUT2D eigenvalue weighted by atomic mass is 9.99. The summed E-state index contributed by atoms with van der Waals surface area (Å²) < 4.78 is 27.0. The van der Waals surface area contributed by atoms with Crippen molar-refractivity contribution in [1.29, 1.82) is 0 Å². The molecule has 0 bridgehead atoms. The van der Waals surface area contributed by atoms with Crippen LogP contribution in [-0.4, -0.2) is 59.2 Å². The fourth-order valence-electron chi connectivity index (χ4n) is 2.86. The normalized spacial score (nSPS) is 18.3. The zero-order valence-corrected chi connectivity index (χ0v) is 16.9. The maximum absolute atomic E-state index is 12.8. The number of rotatable bonds is 7. The van der Waals surface area contributed by atoms with E-state index in [-0.39, 0.29) is 23.3 Å². The highest BCUT2D eigenvalue weighted by Gasteiger charge is 2.33. The molecule has 2 aromatic rings. The molecule has 1 atom stereocenters. The maximum Gasteiger partial charge on any atom is 0.243 e. The van der Waals surface area contributed by atoms with E-state index >= 15 is 0 Å². The average molecular weight is 430 g/mol. The molecule has 2 N–H and O–H groups in total. The molecule has 8 nitrogen and oxygen atoms in total. The highest BCUT2D eigenvalue weighted by Crippen LogP contribution is 2.25. The van der Waals surface area contributed by atoms with Gasteiger partial charge in [0.2, 0.25) is 15.9 Å². The van der Waals surface area contributed by atoms with E-state index in [1.165, 1.54) is 34.5 Å². The van der Waals surface area contributed by atoms with Gasteiger partial charge in [0.05, 0.1) is 10.8 Å². The smallest absolute Gasteiger partial charge is 0.243 e. The number of aromatic nitrogens is 3. The number of hydrogen-bond donors (Lipinski definition) is 2. The first-order chi connectivity index (χ1) is 13.0. The molecule has 1 saturated heterocycles. The van der Waals surface area contributed by atoms with Crippen molar-refractivity contribution in [2.45, 2.75) is 22.9 Å². The first-order valence-electron chi connectivity index (χ1n) is 8.48. The zero-order valence-electron chi connectivity index (χ0n) is 14.5. The van der Waals surface area contributed by atoms with E-state index in [1.54, 1.807) is 12.1 Å². The Kier molecular flexibility index (Phi) is 6.74. The number of halogens is 1. The molecule has 0 aliphatic carbocycles. The largest absolute Gasteiger partial charge is 0.355 e. The molecule has 3 rings (SSSR count). The van der Waals surface area contributed by atoms with Gasteiger partial charge in [-0.2, -0.15) is 9.40 Å². The summed E-state index contributed by atoms with van der Waals surface area (Å²) in [6.07, 6.45) is 2.75. The fraction of sp³-hybridized carbons (Fsp3) is 0.438. The lowest BCUT2D eigenvalue weighted by molar-refractivity contribution is -0.125. The Morgan fingerprint density at radius 2 is 2.15 bits per heavy atom. The Bertz CT molecular complexity index is 859. The highest BCUT2D eigenvalue weighted by atomic mass is 35.5. The lowest BCUT2D eigenvalue weighted by Crippen LogP contribution is -2.45. The summed E-state index contributed by atoms with van der Waals surface area (Å²) >= 11 is 7.29. The third kappa shape index (κ3) is 5.22. The van der Waals surface area contributed by atoms with Gasteiger partial charge in [-0.05, 0) is 37.1 Å². The molecule has 11 heteroatoms. The van der Waals surface area contributed by atoms with Crippen LogP contribution in [0.5, 0.6) is 0 Å². The van der Waals surface area contributed by atoms with Crippen LogP contribution in [0.15, 0.2) is 40.6 Å². The van der Waals surface area contributed by atoms with Gasteiger partial charge in [0.1, 0.15) is 6.33 Å². The maximum atomic E-state index is 12.8. The van der Waals surface area contributed by atoms with Crippen molar-refractivity contribution < 1.29 is 13.2 Å². The van der Waals surface area contributed by atoms with Crippen LogP contribution in [-0.2, 0) is 14.8 Å². The Labute approximate surface area is 167 Å². The third-order valence-electron chi connectivity index (χ3n) is 4.24. The molecule has 0 saturated carbocycles. The summed E-state index contributed by atoms with van der Waals surface area (Å²) in [5.74, 6) is 0.181. The van der Waals surface area contributed by atoms with E-state index in [4.69, 9.17) is 11.6 Å². The number of H-pyrrole nitrogens is 1. The van der Waals surface area contributed by atoms with Crippen molar-refractivity contribution in [3.05, 3.63) is 35.6 Å². The third-order valence-corrected chi connectivity index (χ3v) is 7.25. The quantitative estimate of drug-likeness (QED) is 0.513. The SMILES string of the molecule is O=C(NCCSc1ncn[nH]1)[C@@H]1CCCN(S(=O)(=O)c2ccc(Cl)cc2)C1. The summed E-state index contributed by atoms with van der Waals surface area (Å²) in [5, 5.41) is 10.5. The Balaban J connectivity index is 1.53. The van der Waals surface area contributed by atoms with Crippen LogP contribution in [0, 0.1) is 5.92 Å². The van der Waals surface area contributed by atoms with Crippen LogP contribution in [0.4, 0.5) is 0 Å². The molecule has 1 amide bonds. The van der Waals surface area contributed by atoms with Gasteiger partial charge < -0.3 is 5.32 Å². The summed E-state index contributed by atoms with van der Waals surface area (Å²) in [7, 11) is -3.63. The molecule has 1 aliphatic heterocycles. The Hall–Kier alpha value is -1.62. The van der Waals surface area contributed by atoms with Gasteiger partial charge in [-0.15, -0.1) is 0 Å². The van der Waals surface area contributed by atoms with Gasteiger partial charge in [0, 0.05) is 30.4 Å². The topological polar surface area (TPSA) is 108 Å². The molecular weight excluding hydrogens is 410 g/mol. The Morgan fingerprint density at radius 3 is 2.85 bits per heavy atom. The summed E-state index contributed by atoms with van der Waals surface area (Å²) in [4.78, 5) is 16.6. The number of thioether (sulfide) groups is 1. The number of nitrogens with zero attached hydrogens (tertiary/aromatic N) is 3. The number of piperidine rings is 1. The predicted molar refractivity (Wildman–Crippen MR) is 103 cm³/mol. The van der Waals surface area contributed by atoms with Crippen molar-refractivity contribution in [3.63, 3.8) is 0 Å². The van der Waals surface area contributed by atoms with Crippen LogP contribution in [0.2, 0.25) is 5.02 Å². The summed E-state index contributed by atoms with van der Waals surface area (Å²) in [5.41, 5.74) is 0. The van der Waals surface area contributed by atoms with Crippen LogP contribution >= 0.6 is 23.4 Å². The molecule has 1 fully saturated rings. The summed E-state index contributed by atoms with van der Waals surface area (Å²) in [6, 6.07) is 6.08. The number of carbonyl (C=O) groups excluding carboxylic acids is 1. The number of amides is 1. The van der Waals surface area contributed by atoms with Gasteiger partial charge in [0.15, 0.2) is 5.16 Å². The van der Waals surface area contributed by atoms with Crippen molar-refractivity contribution >= 4 is 39.3 Å². The zero-order chi connectivity index (χ0) is 19.3. The van der Waals surface area contributed by atoms with Crippen LogP contribution < -0.4 is 5.32 Å².